The Balaban J connectivity index is 2.15. The maximum Gasteiger partial charge on any atom is 0.320 e. The van der Waals surface area contributed by atoms with Crippen molar-refractivity contribution in [3.8, 4) is 11.9 Å². The zero-order chi connectivity index (χ0) is 18.1. The summed E-state index contributed by atoms with van der Waals surface area (Å²) in [5, 5.41) is 9.25. The number of benzene rings is 1. The molecule has 0 saturated carbocycles. The molecular formula is C18H21N3O4. The molecule has 1 N–H and O–H groups in total. The Morgan fingerprint density at radius 2 is 1.96 bits per heavy atom. The number of nitrogens with zero attached hydrogens (tertiary/aromatic N) is 3. The predicted molar refractivity (Wildman–Crippen MR) is 93.6 cm³/mol. The third-order valence-electron chi connectivity index (χ3n) is 3.39. The number of methoxy groups -OCH3 is 2. The summed E-state index contributed by atoms with van der Waals surface area (Å²) in [5.74, 6) is -0.107. The second kappa shape index (κ2) is 9.39. The molecule has 2 aromatic rings. The number of amides is 1. The minimum absolute atomic E-state index is 0.0477. The predicted octanol–water partition coefficient (Wildman–Crippen LogP) is 1.64. The average Bonchev–Trinajstić information content (AvgIpc) is 2.67. The van der Waals surface area contributed by atoms with E-state index in [-0.39, 0.29) is 36.6 Å². The smallest absolute Gasteiger partial charge is 0.320 e. The average molecular weight is 343 g/mol. The van der Waals surface area contributed by atoms with E-state index in [4.69, 9.17) is 9.47 Å². The number of hydrogen-bond donors (Lipinski definition) is 1. The minimum Gasteiger partial charge on any atom is -0.481 e. The van der Waals surface area contributed by atoms with E-state index in [2.05, 4.69) is 9.97 Å². The van der Waals surface area contributed by atoms with Crippen LogP contribution in [0.5, 0.6) is 11.9 Å². The molecule has 0 unspecified atom stereocenters. The number of carbonyl (C=O) groups is 1. The van der Waals surface area contributed by atoms with E-state index in [0.717, 1.165) is 5.56 Å². The monoisotopic (exact) mass is 343 g/mol. The van der Waals surface area contributed by atoms with Crippen molar-refractivity contribution >= 4 is 12.0 Å². The van der Waals surface area contributed by atoms with Gasteiger partial charge < -0.3 is 19.5 Å². The van der Waals surface area contributed by atoms with Gasteiger partial charge in [-0.2, -0.15) is 9.97 Å². The van der Waals surface area contributed by atoms with Crippen molar-refractivity contribution in [1.82, 2.24) is 14.9 Å². The van der Waals surface area contributed by atoms with Crippen molar-refractivity contribution in [3.05, 3.63) is 53.7 Å². The zero-order valence-corrected chi connectivity index (χ0v) is 14.3. The molecule has 0 aliphatic rings. The second-order valence-corrected chi connectivity index (χ2v) is 5.07. The normalized spacial score (nSPS) is 10.7. The third-order valence-corrected chi connectivity index (χ3v) is 3.39. The van der Waals surface area contributed by atoms with Crippen LogP contribution in [-0.2, 0) is 0 Å². The van der Waals surface area contributed by atoms with Gasteiger partial charge in [-0.05, 0) is 5.56 Å². The van der Waals surface area contributed by atoms with Crippen LogP contribution in [0.15, 0.2) is 42.5 Å². The summed E-state index contributed by atoms with van der Waals surface area (Å²) in [6, 6.07) is 11.2. The molecule has 0 saturated heterocycles. The van der Waals surface area contributed by atoms with Crippen LogP contribution in [0.2, 0.25) is 0 Å². The molecule has 0 spiro atoms. The van der Waals surface area contributed by atoms with E-state index >= 15 is 0 Å². The molecule has 1 aromatic carbocycles. The molecule has 1 aromatic heterocycles. The fourth-order valence-electron chi connectivity index (χ4n) is 2.15. The van der Waals surface area contributed by atoms with Gasteiger partial charge in [-0.15, -0.1) is 0 Å². The molecule has 0 bridgehead atoms. The molecule has 2 rings (SSSR count). The number of rotatable bonds is 8. The molecule has 7 nitrogen and oxygen atoms in total. The largest absolute Gasteiger partial charge is 0.481 e. The van der Waals surface area contributed by atoms with E-state index in [9.17, 15) is 9.90 Å². The molecule has 7 heteroatoms. The second-order valence-electron chi connectivity index (χ2n) is 5.07. The van der Waals surface area contributed by atoms with Crippen LogP contribution >= 0.6 is 0 Å². The first-order chi connectivity index (χ1) is 12.2. The van der Waals surface area contributed by atoms with Crippen LogP contribution in [0.4, 0.5) is 0 Å². The maximum absolute atomic E-state index is 12.7. The minimum atomic E-state index is -0.342. The van der Waals surface area contributed by atoms with Crippen molar-refractivity contribution in [2.45, 2.75) is 0 Å². The molecule has 1 heterocycles. The summed E-state index contributed by atoms with van der Waals surface area (Å²) >= 11 is 0. The molecule has 0 atom stereocenters. The molecule has 25 heavy (non-hydrogen) atoms. The zero-order valence-electron chi connectivity index (χ0n) is 14.3. The van der Waals surface area contributed by atoms with E-state index < -0.39 is 0 Å². The Labute approximate surface area is 146 Å². The Bertz CT molecular complexity index is 697. The molecule has 0 aliphatic heterocycles. The molecule has 0 radical (unpaired) electrons. The van der Waals surface area contributed by atoms with Crippen LogP contribution in [0.25, 0.3) is 6.08 Å². The summed E-state index contributed by atoms with van der Waals surface area (Å²) in [7, 11) is 2.86. The summed E-state index contributed by atoms with van der Waals surface area (Å²) in [4.78, 5) is 22.2. The lowest BCUT2D eigenvalue weighted by atomic mass is 10.2. The van der Waals surface area contributed by atoms with Crippen molar-refractivity contribution < 1.29 is 19.4 Å². The number of aliphatic hydroxyl groups is 1. The highest BCUT2D eigenvalue weighted by atomic mass is 16.5. The number of hydrogen-bond acceptors (Lipinski definition) is 6. The third kappa shape index (κ3) is 5.29. The highest BCUT2D eigenvalue weighted by Crippen LogP contribution is 2.15. The van der Waals surface area contributed by atoms with Crippen molar-refractivity contribution in [2.75, 3.05) is 33.9 Å². The fourth-order valence-corrected chi connectivity index (χ4v) is 2.15. The Morgan fingerprint density at radius 3 is 2.60 bits per heavy atom. The Morgan fingerprint density at radius 1 is 1.20 bits per heavy atom. The Kier molecular flexibility index (Phi) is 6.91. The highest BCUT2D eigenvalue weighted by Gasteiger charge is 2.18. The molecule has 0 aliphatic carbocycles. The number of ether oxygens (including phenoxy) is 2. The quantitative estimate of drug-likeness (QED) is 0.784. The van der Waals surface area contributed by atoms with Crippen LogP contribution < -0.4 is 9.47 Å². The number of aliphatic hydroxyl groups excluding tert-OH is 1. The van der Waals surface area contributed by atoms with Gasteiger partial charge >= 0.3 is 6.01 Å². The van der Waals surface area contributed by atoms with Gasteiger partial charge in [-0.3, -0.25) is 4.79 Å². The van der Waals surface area contributed by atoms with Gasteiger partial charge in [0.25, 0.3) is 5.91 Å². The van der Waals surface area contributed by atoms with Gasteiger partial charge in [0.15, 0.2) is 0 Å². The van der Waals surface area contributed by atoms with Gasteiger partial charge in [-0.1, -0.05) is 42.5 Å². The number of aromatic nitrogens is 2. The lowest BCUT2D eigenvalue weighted by molar-refractivity contribution is 0.0735. The summed E-state index contributed by atoms with van der Waals surface area (Å²) in [6.07, 6.45) is 3.78. The Hall–Kier alpha value is -2.93. The molecule has 1 amide bonds. The summed E-state index contributed by atoms with van der Waals surface area (Å²) in [6.45, 7) is 0.375. The van der Waals surface area contributed by atoms with E-state index in [0.29, 0.717) is 6.54 Å². The maximum atomic E-state index is 12.7. The fraction of sp³-hybridized carbons (Fsp3) is 0.278. The lowest BCUT2D eigenvalue weighted by Crippen LogP contribution is -2.34. The summed E-state index contributed by atoms with van der Waals surface area (Å²) < 4.78 is 10.1. The molecule has 0 fully saturated rings. The van der Waals surface area contributed by atoms with Crippen molar-refractivity contribution in [1.29, 1.82) is 0 Å². The first-order valence-corrected chi connectivity index (χ1v) is 7.76. The van der Waals surface area contributed by atoms with Gasteiger partial charge in [0, 0.05) is 19.2 Å². The van der Waals surface area contributed by atoms with Crippen LogP contribution in [-0.4, -0.2) is 59.8 Å². The summed E-state index contributed by atoms with van der Waals surface area (Å²) in [5.41, 5.74) is 1.18. The standard InChI is InChI=1S/C18H21N3O4/c1-24-16-13-15(19-18(20-16)25-2)17(23)21(11-12-22)10-6-9-14-7-4-3-5-8-14/h3-9,13,22H,10-12H2,1-2H3/b9-6+. The van der Waals surface area contributed by atoms with E-state index in [1.54, 1.807) is 0 Å². The topological polar surface area (TPSA) is 84.8 Å². The SMILES string of the molecule is COc1cc(C(=O)N(C/C=C/c2ccccc2)CCO)nc(OC)n1. The first-order valence-electron chi connectivity index (χ1n) is 7.76. The molecular weight excluding hydrogens is 322 g/mol. The molecule has 132 valence electrons. The van der Waals surface area contributed by atoms with Gasteiger partial charge in [-0.25, -0.2) is 0 Å². The van der Waals surface area contributed by atoms with E-state index in [1.165, 1.54) is 25.2 Å². The van der Waals surface area contributed by atoms with Gasteiger partial charge in [0.1, 0.15) is 5.69 Å². The van der Waals surface area contributed by atoms with Gasteiger partial charge in [0.2, 0.25) is 5.88 Å². The lowest BCUT2D eigenvalue weighted by Gasteiger charge is -2.20. The first kappa shape index (κ1) is 18.4. The number of carbonyl (C=O) groups excluding carboxylic acids is 1. The van der Waals surface area contributed by atoms with Crippen LogP contribution in [0.1, 0.15) is 16.1 Å². The van der Waals surface area contributed by atoms with Crippen molar-refractivity contribution in [2.24, 2.45) is 0 Å². The van der Waals surface area contributed by atoms with Crippen LogP contribution in [0.3, 0.4) is 0 Å². The van der Waals surface area contributed by atoms with Crippen molar-refractivity contribution in [3.63, 3.8) is 0 Å². The van der Waals surface area contributed by atoms with Crippen LogP contribution in [0, 0.1) is 0 Å². The van der Waals surface area contributed by atoms with E-state index in [1.807, 2.05) is 42.5 Å². The van der Waals surface area contributed by atoms with Gasteiger partial charge in [0.05, 0.1) is 20.8 Å². The highest BCUT2D eigenvalue weighted by molar-refractivity contribution is 5.92.